The maximum atomic E-state index is 13.4. The molecule has 0 bridgehead atoms. The third-order valence-electron chi connectivity index (χ3n) is 6.38. The lowest BCUT2D eigenvalue weighted by Gasteiger charge is -2.36. The molecule has 1 saturated heterocycles. The summed E-state index contributed by atoms with van der Waals surface area (Å²) in [4.78, 5) is 35.2. The van der Waals surface area contributed by atoms with Gasteiger partial charge in [-0.1, -0.05) is 49.4 Å². The lowest BCUT2D eigenvalue weighted by Crippen LogP contribution is -2.50. The lowest BCUT2D eigenvalue weighted by molar-refractivity contribution is -0.140. The van der Waals surface area contributed by atoms with E-state index in [2.05, 4.69) is 16.3 Å². The van der Waals surface area contributed by atoms with E-state index in [1.165, 1.54) is 0 Å². The van der Waals surface area contributed by atoms with Crippen LogP contribution in [0.15, 0.2) is 42.5 Å². The standard InChI is InChI=1S/C26H30N4O3S/c1-17(2)13-24(31)30-16-19-6-4-3-5-18(19)14-22(30)25(32)27-20-7-8-21-23(15-20)34-26(28-21)29-9-11-33-12-10-29/h3-8,15,17,22H,9-14,16H2,1-2H3,(H,27,32). The molecule has 0 spiro atoms. The summed E-state index contributed by atoms with van der Waals surface area (Å²) in [6, 6.07) is 13.4. The molecule has 1 aromatic heterocycles. The van der Waals surface area contributed by atoms with Crippen molar-refractivity contribution in [1.29, 1.82) is 0 Å². The number of anilines is 2. The van der Waals surface area contributed by atoms with E-state index in [1.54, 1.807) is 16.2 Å². The van der Waals surface area contributed by atoms with Crippen molar-refractivity contribution in [2.75, 3.05) is 36.5 Å². The summed E-state index contributed by atoms with van der Waals surface area (Å²) in [6.45, 7) is 7.64. The van der Waals surface area contributed by atoms with E-state index >= 15 is 0 Å². The second kappa shape index (κ2) is 9.72. The van der Waals surface area contributed by atoms with Gasteiger partial charge in [0.15, 0.2) is 5.13 Å². The average molecular weight is 479 g/mol. The Labute approximate surface area is 203 Å². The Bertz CT molecular complexity index is 1200. The molecule has 0 aliphatic carbocycles. The Balaban J connectivity index is 1.36. The highest BCUT2D eigenvalue weighted by atomic mass is 32.1. The molecule has 8 heteroatoms. The van der Waals surface area contributed by atoms with E-state index in [9.17, 15) is 9.59 Å². The minimum atomic E-state index is -0.526. The van der Waals surface area contributed by atoms with Crippen LogP contribution in [0, 0.1) is 5.92 Å². The van der Waals surface area contributed by atoms with Crippen molar-refractivity contribution in [2.45, 2.75) is 39.3 Å². The van der Waals surface area contributed by atoms with E-state index in [-0.39, 0.29) is 17.7 Å². The number of amides is 2. The summed E-state index contributed by atoms with van der Waals surface area (Å²) in [5.74, 6) is 0.115. The molecule has 34 heavy (non-hydrogen) atoms. The Morgan fingerprint density at radius 1 is 1.15 bits per heavy atom. The number of aromatic nitrogens is 1. The normalized spacial score (nSPS) is 18.3. The predicted molar refractivity (Wildman–Crippen MR) is 135 cm³/mol. The molecule has 2 aromatic carbocycles. The number of thiazole rings is 1. The molecule has 7 nitrogen and oxygen atoms in total. The molecular formula is C26H30N4O3S. The average Bonchev–Trinajstić information content (AvgIpc) is 3.27. The summed E-state index contributed by atoms with van der Waals surface area (Å²) in [6.07, 6.45) is 0.957. The number of carbonyl (C=O) groups is 2. The van der Waals surface area contributed by atoms with Crippen LogP contribution in [0.5, 0.6) is 0 Å². The van der Waals surface area contributed by atoms with Gasteiger partial charge in [-0.05, 0) is 35.2 Å². The zero-order valence-electron chi connectivity index (χ0n) is 19.6. The molecule has 1 fully saturated rings. The Morgan fingerprint density at radius 2 is 1.91 bits per heavy atom. The number of nitrogens with zero attached hydrogens (tertiary/aromatic N) is 3. The van der Waals surface area contributed by atoms with Gasteiger partial charge in [0.1, 0.15) is 6.04 Å². The van der Waals surface area contributed by atoms with Gasteiger partial charge in [0.25, 0.3) is 0 Å². The molecule has 3 heterocycles. The molecule has 5 rings (SSSR count). The van der Waals surface area contributed by atoms with Gasteiger partial charge in [0.2, 0.25) is 11.8 Å². The number of hydrogen-bond acceptors (Lipinski definition) is 6. The fourth-order valence-electron chi connectivity index (χ4n) is 4.59. The van der Waals surface area contributed by atoms with Crippen LogP contribution in [-0.4, -0.2) is 54.0 Å². The minimum Gasteiger partial charge on any atom is -0.378 e. The first-order valence-corrected chi connectivity index (χ1v) is 12.7. The van der Waals surface area contributed by atoms with Gasteiger partial charge in [0.05, 0.1) is 23.4 Å². The van der Waals surface area contributed by atoms with E-state index in [4.69, 9.17) is 9.72 Å². The maximum Gasteiger partial charge on any atom is 0.247 e. The van der Waals surface area contributed by atoms with Gasteiger partial charge in [-0.25, -0.2) is 4.98 Å². The van der Waals surface area contributed by atoms with Crippen molar-refractivity contribution >= 4 is 44.2 Å². The number of nitrogens with one attached hydrogen (secondary N) is 1. The second-order valence-corrected chi connectivity index (χ2v) is 10.4. The molecule has 3 aromatic rings. The zero-order valence-corrected chi connectivity index (χ0v) is 20.4. The van der Waals surface area contributed by atoms with Crippen LogP contribution in [0.2, 0.25) is 0 Å². The number of carbonyl (C=O) groups excluding carboxylic acids is 2. The highest BCUT2D eigenvalue weighted by Crippen LogP contribution is 2.32. The predicted octanol–water partition coefficient (Wildman–Crippen LogP) is 4.07. The molecule has 2 aliphatic heterocycles. The summed E-state index contributed by atoms with van der Waals surface area (Å²) in [5.41, 5.74) is 3.89. The van der Waals surface area contributed by atoms with Gasteiger partial charge < -0.3 is 19.9 Å². The fraction of sp³-hybridized carbons (Fsp3) is 0.423. The van der Waals surface area contributed by atoms with E-state index in [0.29, 0.717) is 32.6 Å². The van der Waals surface area contributed by atoms with Crippen LogP contribution < -0.4 is 10.2 Å². The lowest BCUT2D eigenvalue weighted by atomic mass is 9.92. The van der Waals surface area contributed by atoms with E-state index < -0.39 is 6.04 Å². The highest BCUT2D eigenvalue weighted by molar-refractivity contribution is 7.22. The first-order valence-electron chi connectivity index (χ1n) is 11.9. The smallest absolute Gasteiger partial charge is 0.247 e. The van der Waals surface area contributed by atoms with Crippen LogP contribution in [0.25, 0.3) is 10.2 Å². The fourth-order valence-corrected chi connectivity index (χ4v) is 5.65. The zero-order chi connectivity index (χ0) is 23.7. The van der Waals surface area contributed by atoms with Gasteiger partial charge >= 0.3 is 0 Å². The summed E-state index contributed by atoms with van der Waals surface area (Å²) < 4.78 is 6.47. The van der Waals surface area contributed by atoms with Gasteiger partial charge in [-0.15, -0.1) is 0 Å². The summed E-state index contributed by atoms with van der Waals surface area (Å²) in [7, 11) is 0. The minimum absolute atomic E-state index is 0.0257. The maximum absolute atomic E-state index is 13.4. The molecule has 2 amide bonds. The van der Waals surface area contributed by atoms with Crippen molar-refractivity contribution in [2.24, 2.45) is 5.92 Å². The van der Waals surface area contributed by atoms with Gasteiger partial charge in [-0.3, -0.25) is 9.59 Å². The van der Waals surface area contributed by atoms with Gasteiger partial charge in [0, 0.05) is 38.2 Å². The van der Waals surface area contributed by atoms with E-state index in [1.807, 2.05) is 50.2 Å². The highest BCUT2D eigenvalue weighted by Gasteiger charge is 2.34. The Morgan fingerprint density at radius 3 is 2.68 bits per heavy atom. The van der Waals surface area contributed by atoms with Crippen molar-refractivity contribution < 1.29 is 14.3 Å². The first kappa shape index (κ1) is 22.8. The number of benzene rings is 2. The molecule has 178 valence electrons. The molecule has 2 aliphatic rings. The largest absolute Gasteiger partial charge is 0.378 e. The second-order valence-electron chi connectivity index (χ2n) is 9.38. The quantitative estimate of drug-likeness (QED) is 0.598. The molecule has 1 atom stereocenters. The van der Waals surface area contributed by atoms with Crippen LogP contribution in [0.1, 0.15) is 31.4 Å². The first-order chi connectivity index (χ1) is 16.5. The Kier molecular flexibility index (Phi) is 6.52. The van der Waals surface area contributed by atoms with Crippen molar-refractivity contribution in [3.63, 3.8) is 0 Å². The molecule has 0 saturated carbocycles. The topological polar surface area (TPSA) is 74.8 Å². The van der Waals surface area contributed by atoms with Crippen molar-refractivity contribution in [3.05, 3.63) is 53.6 Å². The molecular weight excluding hydrogens is 448 g/mol. The van der Waals surface area contributed by atoms with Crippen LogP contribution in [-0.2, 0) is 27.3 Å². The van der Waals surface area contributed by atoms with Crippen LogP contribution in [0.3, 0.4) is 0 Å². The van der Waals surface area contributed by atoms with E-state index in [0.717, 1.165) is 45.3 Å². The Hall–Kier alpha value is -2.97. The third-order valence-corrected chi connectivity index (χ3v) is 7.46. The number of fused-ring (bicyclic) bond motifs is 2. The van der Waals surface area contributed by atoms with Crippen molar-refractivity contribution in [3.8, 4) is 0 Å². The summed E-state index contributed by atoms with van der Waals surface area (Å²) in [5, 5.41) is 4.06. The summed E-state index contributed by atoms with van der Waals surface area (Å²) >= 11 is 1.63. The van der Waals surface area contributed by atoms with Crippen molar-refractivity contribution in [1.82, 2.24) is 9.88 Å². The number of ether oxygens (including phenoxy) is 1. The monoisotopic (exact) mass is 478 g/mol. The number of hydrogen-bond donors (Lipinski definition) is 1. The van der Waals surface area contributed by atoms with Crippen LogP contribution >= 0.6 is 11.3 Å². The van der Waals surface area contributed by atoms with Gasteiger partial charge in [-0.2, -0.15) is 0 Å². The number of morpholine rings is 1. The number of rotatable bonds is 5. The van der Waals surface area contributed by atoms with Crippen LogP contribution in [0.4, 0.5) is 10.8 Å². The molecule has 1 N–H and O–H groups in total. The third kappa shape index (κ3) is 4.79. The SMILES string of the molecule is CC(C)CC(=O)N1Cc2ccccc2CC1C(=O)Nc1ccc2nc(N3CCOCC3)sc2c1. The molecule has 0 radical (unpaired) electrons. The molecule has 1 unspecified atom stereocenters.